The molecule has 1 amide bonds. The van der Waals surface area contributed by atoms with Crippen LogP contribution in [0, 0.1) is 0 Å². The molecule has 1 saturated heterocycles. The molecule has 1 aliphatic heterocycles. The Hall–Kier alpha value is -2.81. The minimum absolute atomic E-state index is 0.0920. The number of carbonyl (C=O) groups excluding carboxylic acids is 1. The standard InChI is InChI=1S/C22H25ClN4O4/c1-31-20-8-14(12-28)17(10-18(20)23)19-11-27-7-4-16(9-21(27)25-19)26-5-2-15(3-6-26)24-22(30)13-29/h4,7-11,15,28-29H,2-3,5-6,12-13H2,1H3,(H,24,30). The van der Waals surface area contributed by atoms with Crippen LogP contribution >= 0.6 is 11.6 Å². The van der Waals surface area contributed by atoms with Gasteiger partial charge in [0.25, 0.3) is 0 Å². The van der Waals surface area contributed by atoms with Gasteiger partial charge in [0.15, 0.2) is 0 Å². The summed E-state index contributed by atoms with van der Waals surface area (Å²) in [4.78, 5) is 18.4. The topological polar surface area (TPSA) is 99.3 Å². The molecule has 2 aromatic heterocycles. The van der Waals surface area contributed by atoms with Gasteiger partial charge >= 0.3 is 0 Å². The Bertz CT molecular complexity index is 1090. The van der Waals surface area contributed by atoms with E-state index in [2.05, 4.69) is 10.2 Å². The molecule has 0 atom stereocenters. The number of anilines is 1. The highest BCUT2D eigenvalue weighted by atomic mass is 35.5. The number of nitrogens with one attached hydrogen (secondary N) is 1. The number of amides is 1. The van der Waals surface area contributed by atoms with Crippen molar-refractivity contribution < 1.29 is 19.7 Å². The molecule has 0 spiro atoms. The maximum atomic E-state index is 11.4. The van der Waals surface area contributed by atoms with Crippen molar-refractivity contribution in [3.8, 4) is 17.0 Å². The number of hydrogen-bond donors (Lipinski definition) is 3. The highest BCUT2D eigenvalue weighted by Crippen LogP contribution is 2.34. The number of halogens is 1. The van der Waals surface area contributed by atoms with E-state index in [4.69, 9.17) is 26.4 Å². The number of imidazole rings is 1. The van der Waals surface area contributed by atoms with Gasteiger partial charge in [0.2, 0.25) is 5.91 Å². The van der Waals surface area contributed by atoms with Gasteiger partial charge in [-0.15, -0.1) is 0 Å². The molecule has 8 nitrogen and oxygen atoms in total. The van der Waals surface area contributed by atoms with Gasteiger partial charge in [-0.05, 0) is 36.6 Å². The molecule has 3 heterocycles. The van der Waals surface area contributed by atoms with Crippen molar-refractivity contribution in [2.45, 2.75) is 25.5 Å². The summed E-state index contributed by atoms with van der Waals surface area (Å²) in [5, 5.41) is 22.0. The zero-order valence-electron chi connectivity index (χ0n) is 17.2. The molecular formula is C22H25ClN4O4. The average Bonchev–Trinajstić information content (AvgIpc) is 3.22. The Morgan fingerprint density at radius 3 is 2.74 bits per heavy atom. The monoisotopic (exact) mass is 444 g/mol. The minimum Gasteiger partial charge on any atom is -0.495 e. The van der Waals surface area contributed by atoms with Gasteiger partial charge in [-0.1, -0.05) is 11.6 Å². The molecule has 1 aliphatic rings. The van der Waals surface area contributed by atoms with E-state index in [1.165, 1.54) is 7.11 Å². The number of rotatable bonds is 6. The number of carbonyl (C=O) groups is 1. The number of methoxy groups -OCH3 is 1. The molecule has 164 valence electrons. The number of aliphatic hydroxyl groups is 2. The zero-order valence-corrected chi connectivity index (χ0v) is 18.0. The van der Waals surface area contributed by atoms with Crippen molar-refractivity contribution in [1.82, 2.24) is 14.7 Å². The summed E-state index contributed by atoms with van der Waals surface area (Å²) in [6.45, 7) is 0.992. The summed E-state index contributed by atoms with van der Waals surface area (Å²) < 4.78 is 7.18. The summed E-state index contributed by atoms with van der Waals surface area (Å²) >= 11 is 6.30. The van der Waals surface area contributed by atoms with Crippen molar-refractivity contribution in [3.63, 3.8) is 0 Å². The van der Waals surface area contributed by atoms with E-state index in [0.717, 1.165) is 48.5 Å². The quantitative estimate of drug-likeness (QED) is 0.539. The van der Waals surface area contributed by atoms with Crippen LogP contribution in [0.25, 0.3) is 16.9 Å². The van der Waals surface area contributed by atoms with E-state index in [1.54, 1.807) is 12.1 Å². The second kappa shape index (κ2) is 9.13. The molecule has 1 fully saturated rings. The van der Waals surface area contributed by atoms with E-state index in [9.17, 15) is 9.90 Å². The second-order valence-electron chi connectivity index (χ2n) is 7.57. The normalized spacial score (nSPS) is 14.8. The first-order valence-corrected chi connectivity index (χ1v) is 10.5. The summed E-state index contributed by atoms with van der Waals surface area (Å²) in [6, 6.07) is 7.65. The molecule has 3 N–H and O–H groups in total. The van der Waals surface area contributed by atoms with Crippen LogP contribution < -0.4 is 15.0 Å². The van der Waals surface area contributed by atoms with Crippen LogP contribution in [0.4, 0.5) is 5.69 Å². The number of piperidine rings is 1. The summed E-state index contributed by atoms with van der Waals surface area (Å²) in [5.74, 6) is 0.185. The molecule has 31 heavy (non-hydrogen) atoms. The second-order valence-corrected chi connectivity index (χ2v) is 7.97. The highest BCUT2D eigenvalue weighted by molar-refractivity contribution is 6.32. The molecule has 3 aromatic rings. The minimum atomic E-state index is -0.476. The lowest BCUT2D eigenvalue weighted by atomic mass is 10.0. The lowest BCUT2D eigenvalue weighted by Crippen LogP contribution is -2.45. The van der Waals surface area contributed by atoms with Gasteiger partial charge in [0.05, 0.1) is 24.4 Å². The number of pyridine rings is 1. The molecule has 0 radical (unpaired) electrons. The van der Waals surface area contributed by atoms with Gasteiger partial charge < -0.3 is 29.6 Å². The van der Waals surface area contributed by atoms with E-state index in [-0.39, 0.29) is 18.6 Å². The van der Waals surface area contributed by atoms with Crippen molar-refractivity contribution >= 4 is 28.8 Å². The Kier molecular flexibility index (Phi) is 6.31. The fourth-order valence-corrected chi connectivity index (χ4v) is 4.21. The van der Waals surface area contributed by atoms with Crippen LogP contribution in [0.1, 0.15) is 18.4 Å². The van der Waals surface area contributed by atoms with Crippen LogP contribution in [0.15, 0.2) is 36.7 Å². The number of nitrogens with zero attached hydrogens (tertiary/aromatic N) is 3. The predicted octanol–water partition coefficient (Wildman–Crippen LogP) is 2.23. The lowest BCUT2D eigenvalue weighted by molar-refractivity contribution is -0.124. The molecule has 0 unspecified atom stereocenters. The maximum Gasteiger partial charge on any atom is 0.245 e. The van der Waals surface area contributed by atoms with Crippen LogP contribution in [-0.2, 0) is 11.4 Å². The van der Waals surface area contributed by atoms with Gasteiger partial charge in [0.1, 0.15) is 18.0 Å². The van der Waals surface area contributed by atoms with Crippen LogP contribution in [0.3, 0.4) is 0 Å². The number of hydrogen-bond acceptors (Lipinski definition) is 6. The zero-order chi connectivity index (χ0) is 22.0. The van der Waals surface area contributed by atoms with Crippen molar-refractivity contribution in [2.24, 2.45) is 0 Å². The summed E-state index contributed by atoms with van der Waals surface area (Å²) in [7, 11) is 1.54. The number of aliphatic hydroxyl groups excluding tert-OH is 2. The third-order valence-electron chi connectivity index (χ3n) is 5.64. The number of aromatic nitrogens is 2. The summed E-state index contributed by atoms with van der Waals surface area (Å²) in [6.07, 6.45) is 5.51. The molecule has 0 aliphatic carbocycles. The first kappa shape index (κ1) is 21.4. The molecular weight excluding hydrogens is 420 g/mol. The SMILES string of the molecule is COc1cc(CO)c(-c2cn3ccc(N4CCC(NC(=O)CO)CC4)cc3n2)cc1Cl. The first-order chi connectivity index (χ1) is 15.0. The summed E-state index contributed by atoms with van der Waals surface area (Å²) in [5.41, 5.74) is 4.03. The smallest absolute Gasteiger partial charge is 0.245 e. The van der Waals surface area contributed by atoms with Crippen molar-refractivity contribution in [1.29, 1.82) is 0 Å². The fraction of sp³-hybridized carbons (Fsp3) is 0.364. The van der Waals surface area contributed by atoms with Gasteiger partial charge in [-0.2, -0.15) is 0 Å². The fourth-order valence-electron chi connectivity index (χ4n) is 3.97. The lowest BCUT2D eigenvalue weighted by Gasteiger charge is -2.33. The van der Waals surface area contributed by atoms with Crippen LogP contribution in [0.5, 0.6) is 5.75 Å². The number of benzene rings is 1. The van der Waals surface area contributed by atoms with Gasteiger partial charge in [-0.25, -0.2) is 4.98 Å². The third-order valence-corrected chi connectivity index (χ3v) is 5.93. The molecule has 0 bridgehead atoms. The van der Waals surface area contributed by atoms with Crippen LogP contribution in [0.2, 0.25) is 5.02 Å². The van der Waals surface area contributed by atoms with E-state index in [0.29, 0.717) is 16.3 Å². The molecule has 1 aromatic carbocycles. The van der Waals surface area contributed by atoms with Gasteiger partial charge in [0, 0.05) is 48.8 Å². The van der Waals surface area contributed by atoms with Crippen molar-refractivity contribution in [2.75, 3.05) is 31.7 Å². The van der Waals surface area contributed by atoms with Crippen LogP contribution in [-0.4, -0.2) is 58.4 Å². The first-order valence-electron chi connectivity index (χ1n) is 10.1. The largest absolute Gasteiger partial charge is 0.495 e. The Balaban J connectivity index is 1.56. The van der Waals surface area contributed by atoms with E-state index in [1.807, 2.05) is 28.9 Å². The van der Waals surface area contributed by atoms with E-state index < -0.39 is 6.61 Å². The van der Waals surface area contributed by atoms with Gasteiger partial charge in [-0.3, -0.25) is 4.79 Å². The number of ether oxygens (including phenoxy) is 1. The number of fused-ring (bicyclic) bond motifs is 1. The highest BCUT2D eigenvalue weighted by Gasteiger charge is 2.21. The Morgan fingerprint density at radius 1 is 1.29 bits per heavy atom. The van der Waals surface area contributed by atoms with Crippen molar-refractivity contribution in [3.05, 3.63) is 47.2 Å². The van der Waals surface area contributed by atoms with E-state index >= 15 is 0 Å². The average molecular weight is 445 g/mol. The predicted molar refractivity (Wildman–Crippen MR) is 119 cm³/mol. The molecule has 4 rings (SSSR count). The molecule has 9 heteroatoms. The Morgan fingerprint density at radius 2 is 2.06 bits per heavy atom. The third kappa shape index (κ3) is 4.46. The molecule has 0 saturated carbocycles. The Labute approximate surface area is 185 Å². The maximum absolute atomic E-state index is 11.4.